The fraction of sp³-hybridized carbons (Fsp3) is 0.167. The van der Waals surface area contributed by atoms with Gasteiger partial charge in [-0.1, -0.05) is 35.9 Å². The van der Waals surface area contributed by atoms with E-state index >= 15 is 0 Å². The number of halogens is 1. The van der Waals surface area contributed by atoms with Crippen molar-refractivity contribution < 1.29 is 19.1 Å². The molecule has 1 atom stereocenters. The van der Waals surface area contributed by atoms with Crippen molar-refractivity contribution in [1.82, 2.24) is 0 Å². The van der Waals surface area contributed by atoms with Crippen LogP contribution in [0.15, 0.2) is 71.4 Å². The molecule has 1 amide bonds. The van der Waals surface area contributed by atoms with Gasteiger partial charge in [0.15, 0.2) is 11.4 Å². The molecule has 2 aromatic carbocycles. The van der Waals surface area contributed by atoms with E-state index in [-0.39, 0.29) is 6.42 Å². The van der Waals surface area contributed by atoms with Crippen LogP contribution in [0.3, 0.4) is 0 Å². The zero-order chi connectivity index (χ0) is 21.3. The fourth-order valence-corrected chi connectivity index (χ4v) is 3.85. The average molecular weight is 422 g/mol. The van der Waals surface area contributed by atoms with Crippen LogP contribution in [0.2, 0.25) is 5.02 Å². The number of benzene rings is 2. The highest BCUT2D eigenvalue weighted by Crippen LogP contribution is 2.44. The fourth-order valence-electron chi connectivity index (χ4n) is 3.68. The lowest BCUT2D eigenvalue weighted by Crippen LogP contribution is -2.41. The molecule has 3 aromatic rings. The SMILES string of the molecule is Cc1ccccc1CN1C(=O)C(O)(CC(=O)/C=C/c2ccco2)c2cc(Cl)ccc21. The molecule has 0 saturated heterocycles. The molecule has 30 heavy (non-hydrogen) atoms. The van der Waals surface area contributed by atoms with Crippen LogP contribution in [0.5, 0.6) is 0 Å². The zero-order valence-electron chi connectivity index (χ0n) is 16.3. The average Bonchev–Trinajstić information content (AvgIpc) is 3.30. The summed E-state index contributed by atoms with van der Waals surface area (Å²) in [6.45, 7) is 2.26. The van der Waals surface area contributed by atoms with Gasteiger partial charge in [-0.2, -0.15) is 0 Å². The van der Waals surface area contributed by atoms with Crippen molar-refractivity contribution in [2.75, 3.05) is 4.90 Å². The van der Waals surface area contributed by atoms with Crippen LogP contribution >= 0.6 is 11.6 Å². The third-order valence-electron chi connectivity index (χ3n) is 5.29. The van der Waals surface area contributed by atoms with Crippen LogP contribution in [0.4, 0.5) is 5.69 Å². The summed E-state index contributed by atoms with van der Waals surface area (Å²) in [7, 11) is 0. The quantitative estimate of drug-likeness (QED) is 0.588. The number of aliphatic hydroxyl groups is 1. The molecule has 2 heterocycles. The van der Waals surface area contributed by atoms with E-state index < -0.39 is 17.3 Å². The maximum Gasteiger partial charge on any atom is 0.264 e. The van der Waals surface area contributed by atoms with Gasteiger partial charge in [-0.25, -0.2) is 0 Å². The second-order valence-corrected chi connectivity index (χ2v) is 7.77. The molecule has 6 heteroatoms. The molecule has 0 bridgehead atoms. The topological polar surface area (TPSA) is 70.8 Å². The first-order chi connectivity index (χ1) is 14.4. The van der Waals surface area contributed by atoms with E-state index in [9.17, 15) is 14.7 Å². The van der Waals surface area contributed by atoms with Gasteiger partial charge in [-0.3, -0.25) is 9.59 Å². The number of furan rings is 1. The van der Waals surface area contributed by atoms with Gasteiger partial charge in [0.2, 0.25) is 0 Å². The lowest BCUT2D eigenvalue weighted by molar-refractivity contribution is -0.140. The van der Waals surface area contributed by atoms with Crippen molar-refractivity contribution in [3.8, 4) is 0 Å². The van der Waals surface area contributed by atoms with E-state index in [1.807, 2.05) is 31.2 Å². The summed E-state index contributed by atoms with van der Waals surface area (Å²) in [6, 6.07) is 16.1. The molecular weight excluding hydrogens is 402 g/mol. The summed E-state index contributed by atoms with van der Waals surface area (Å²) in [6.07, 6.45) is 3.92. The van der Waals surface area contributed by atoms with Gasteiger partial charge in [0.05, 0.1) is 24.9 Å². The number of amides is 1. The molecule has 0 fully saturated rings. The molecule has 1 aliphatic rings. The number of hydrogen-bond acceptors (Lipinski definition) is 4. The summed E-state index contributed by atoms with van der Waals surface area (Å²) in [5.41, 5.74) is 0.910. The number of rotatable bonds is 6. The third kappa shape index (κ3) is 3.70. The van der Waals surface area contributed by atoms with E-state index in [0.29, 0.717) is 28.6 Å². The van der Waals surface area contributed by atoms with Crippen molar-refractivity contribution in [2.45, 2.75) is 25.5 Å². The lowest BCUT2D eigenvalue weighted by atomic mass is 9.90. The minimum Gasteiger partial charge on any atom is -0.465 e. The smallest absolute Gasteiger partial charge is 0.264 e. The molecule has 0 saturated carbocycles. The molecule has 4 rings (SSSR count). The first kappa shape index (κ1) is 20.1. The Bertz CT molecular complexity index is 1140. The minimum absolute atomic E-state index is 0.291. The van der Waals surface area contributed by atoms with E-state index in [0.717, 1.165) is 11.1 Å². The predicted octanol–water partition coefficient (Wildman–Crippen LogP) is 4.65. The molecule has 1 unspecified atom stereocenters. The molecular formula is C24H20ClNO4. The van der Waals surface area contributed by atoms with Crippen molar-refractivity contribution >= 4 is 35.1 Å². The minimum atomic E-state index is -1.98. The normalized spacial score (nSPS) is 18.2. The standard InChI is InChI=1S/C24H20ClNO4/c1-16-5-2-3-6-17(16)15-26-22-11-8-18(25)13-21(22)24(29,23(26)28)14-19(27)9-10-20-7-4-12-30-20/h2-13,29H,14-15H2,1H3/b10-9+. The molecule has 0 spiro atoms. The number of aryl methyl sites for hydroxylation is 1. The number of nitrogens with zero attached hydrogens (tertiary/aromatic N) is 1. The Kier molecular flexibility index (Phi) is 5.33. The van der Waals surface area contributed by atoms with Crippen LogP contribution in [-0.4, -0.2) is 16.8 Å². The predicted molar refractivity (Wildman–Crippen MR) is 115 cm³/mol. The number of allylic oxidation sites excluding steroid dienone is 1. The summed E-state index contributed by atoms with van der Waals surface area (Å²) < 4.78 is 5.17. The Morgan fingerprint density at radius 1 is 1.20 bits per heavy atom. The number of anilines is 1. The summed E-state index contributed by atoms with van der Waals surface area (Å²) in [5.74, 6) is -0.425. The molecule has 1 N–H and O–H groups in total. The molecule has 1 aromatic heterocycles. The Hall–Kier alpha value is -3.15. The van der Waals surface area contributed by atoms with Gasteiger partial charge in [0, 0.05) is 10.6 Å². The van der Waals surface area contributed by atoms with Gasteiger partial charge < -0.3 is 14.4 Å². The second kappa shape index (κ2) is 7.94. The van der Waals surface area contributed by atoms with E-state index in [2.05, 4.69) is 0 Å². The van der Waals surface area contributed by atoms with E-state index in [4.69, 9.17) is 16.0 Å². The van der Waals surface area contributed by atoms with Gasteiger partial charge in [0.25, 0.3) is 5.91 Å². The van der Waals surface area contributed by atoms with E-state index in [1.54, 1.807) is 30.3 Å². The summed E-state index contributed by atoms with van der Waals surface area (Å²) in [5, 5.41) is 11.7. The van der Waals surface area contributed by atoms with Gasteiger partial charge >= 0.3 is 0 Å². The maximum absolute atomic E-state index is 13.3. The molecule has 5 nitrogen and oxygen atoms in total. The van der Waals surface area contributed by atoms with Gasteiger partial charge in [0.1, 0.15) is 5.76 Å². The number of fused-ring (bicyclic) bond motifs is 1. The van der Waals surface area contributed by atoms with Crippen molar-refractivity contribution in [3.63, 3.8) is 0 Å². The maximum atomic E-state index is 13.3. The van der Waals surface area contributed by atoms with Crippen LogP contribution in [0.25, 0.3) is 6.08 Å². The largest absolute Gasteiger partial charge is 0.465 e. The second-order valence-electron chi connectivity index (χ2n) is 7.33. The first-order valence-corrected chi connectivity index (χ1v) is 9.89. The number of ketones is 1. The molecule has 152 valence electrons. The van der Waals surface area contributed by atoms with E-state index in [1.165, 1.54) is 23.3 Å². The third-order valence-corrected chi connectivity index (χ3v) is 5.53. The molecule has 1 aliphatic heterocycles. The first-order valence-electron chi connectivity index (χ1n) is 9.52. The van der Waals surface area contributed by atoms with Crippen LogP contribution in [0.1, 0.15) is 28.9 Å². The van der Waals surface area contributed by atoms with Crippen molar-refractivity contribution in [3.05, 3.63) is 94.4 Å². The highest BCUT2D eigenvalue weighted by atomic mass is 35.5. The highest BCUT2D eigenvalue weighted by molar-refractivity contribution is 6.31. The Labute approximate surface area is 179 Å². The lowest BCUT2D eigenvalue weighted by Gasteiger charge is -2.23. The van der Waals surface area contributed by atoms with Crippen molar-refractivity contribution in [1.29, 1.82) is 0 Å². The van der Waals surface area contributed by atoms with Gasteiger partial charge in [-0.05, 0) is 60.5 Å². The molecule has 0 aliphatic carbocycles. The Morgan fingerprint density at radius 2 is 2.00 bits per heavy atom. The van der Waals surface area contributed by atoms with Crippen LogP contribution in [0, 0.1) is 6.92 Å². The zero-order valence-corrected chi connectivity index (χ0v) is 17.1. The van der Waals surface area contributed by atoms with Crippen molar-refractivity contribution in [2.24, 2.45) is 0 Å². The number of carbonyl (C=O) groups is 2. The molecule has 0 radical (unpaired) electrons. The summed E-state index contributed by atoms with van der Waals surface area (Å²) in [4.78, 5) is 27.4. The number of carbonyl (C=O) groups excluding carboxylic acids is 2. The van der Waals surface area contributed by atoms with Crippen LogP contribution < -0.4 is 4.90 Å². The highest BCUT2D eigenvalue weighted by Gasteiger charge is 2.50. The van der Waals surface area contributed by atoms with Crippen LogP contribution in [-0.2, 0) is 21.7 Å². The Morgan fingerprint density at radius 3 is 2.73 bits per heavy atom. The Balaban J connectivity index is 1.66. The van der Waals surface area contributed by atoms with Gasteiger partial charge in [-0.15, -0.1) is 0 Å². The monoisotopic (exact) mass is 421 g/mol. The number of hydrogen-bond donors (Lipinski definition) is 1. The summed E-state index contributed by atoms with van der Waals surface area (Å²) >= 11 is 6.14.